The molecule has 1 saturated heterocycles. The van der Waals surface area contributed by atoms with Crippen LogP contribution < -0.4 is 14.5 Å². The number of carboxylic acid groups (broad SMARTS) is 1. The van der Waals surface area contributed by atoms with Crippen molar-refractivity contribution in [2.45, 2.75) is 84.0 Å². The van der Waals surface area contributed by atoms with Gasteiger partial charge in [0.15, 0.2) is 11.5 Å². The first kappa shape index (κ1) is 30.6. The Labute approximate surface area is 231 Å². The summed E-state index contributed by atoms with van der Waals surface area (Å²) in [6, 6.07) is 2.78. The Morgan fingerprint density at radius 2 is 1.77 bits per heavy atom. The highest BCUT2D eigenvalue weighted by Gasteiger charge is 2.45. The Hall–Kier alpha value is -2.91. The van der Waals surface area contributed by atoms with Crippen molar-refractivity contribution in [3.8, 4) is 5.88 Å². The van der Waals surface area contributed by atoms with Crippen LogP contribution >= 0.6 is 0 Å². The van der Waals surface area contributed by atoms with Crippen LogP contribution in [0.15, 0.2) is 18.3 Å². The second-order valence-electron chi connectivity index (χ2n) is 11.0. The highest BCUT2D eigenvalue weighted by molar-refractivity contribution is 5.86. The Balaban J connectivity index is 0.000000216. The van der Waals surface area contributed by atoms with Crippen LogP contribution in [0.4, 0.5) is 20.3 Å². The Bertz CT molecular complexity index is 1050. The van der Waals surface area contributed by atoms with Crippen molar-refractivity contribution in [1.29, 1.82) is 0 Å². The van der Waals surface area contributed by atoms with Crippen LogP contribution in [0.1, 0.15) is 87.2 Å². The molecule has 0 radical (unpaired) electrons. The largest absolute Gasteiger partial charge is 0.477 e. The number of nitrogens with zero attached hydrogens (tertiary/aromatic N) is 5. The predicted octanol–water partition coefficient (Wildman–Crippen LogP) is 6.33. The Morgan fingerprint density at radius 1 is 1.13 bits per heavy atom. The third-order valence-corrected chi connectivity index (χ3v) is 7.09. The standard InChI is InChI=1S/C16H31N3.C13H14F2N2O3/c1-5-6-7-8-9-10-11-12-13-18(3)16-15(2)14-19(4)17-16;14-13(15)6-17(7-13)10-4-3-9(12(18)19)16-11(10)20-5-8-1-2-8/h14H,5-13H2,1-4H3;3-4,8H,1-2,5-7H2,(H,18,19). The van der Waals surface area contributed by atoms with E-state index < -0.39 is 11.9 Å². The van der Waals surface area contributed by atoms with Crippen molar-refractivity contribution in [2.75, 3.05) is 43.1 Å². The van der Waals surface area contributed by atoms with Gasteiger partial charge in [-0.05, 0) is 44.2 Å². The Kier molecular flexibility index (Phi) is 11.4. The predicted molar refractivity (Wildman–Crippen MR) is 150 cm³/mol. The molecule has 218 valence electrons. The second kappa shape index (κ2) is 14.5. The maximum atomic E-state index is 12.9. The van der Waals surface area contributed by atoms with Crippen molar-refractivity contribution in [3.63, 3.8) is 0 Å². The lowest BCUT2D eigenvalue weighted by Gasteiger charge is -2.40. The summed E-state index contributed by atoms with van der Waals surface area (Å²) in [6.07, 6.45) is 15.3. The average Bonchev–Trinajstić information content (AvgIpc) is 3.64. The smallest absolute Gasteiger partial charge is 0.354 e. The molecule has 1 saturated carbocycles. The van der Waals surface area contributed by atoms with Gasteiger partial charge in [-0.15, -0.1) is 0 Å². The number of hydrogen-bond acceptors (Lipinski definition) is 6. The van der Waals surface area contributed by atoms with E-state index in [1.807, 2.05) is 11.7 Å². The van der Waals surface area contributed by atoms with Gasteiger partial charge < -0.3 is 19.6 Å². The maximum Gasteiger partial charge on any atom is 0.354 e. The first-order valence-electron chi connectivity index (χ1n) is 14.3. The molecule has 0 amide bonds. The van der Waals surface area contributed by atoms with Gasteiger partial charge in [-0.3, -0.25) is 4.68 Å². The molecule has 0 aromatic carbocycles. The lowest BCUT2D eigenvalue weighted by molar-refractivity contribution is -0.0265. The van der Waals surface area contributed by atoms with Crippen molar-refractivity contribution in [3.05, 3.63) is 29.6 Å². The minimum atomic E-state index is -2.70. The van der Waals surface area contributed by atoms with Crippen LogP contribution in [0.3, 0.4) is 0 Å². The fraction of sp³-hybridized carbons (Fsp3) is 0.690. The van der Waals surface area contributed by atoms with Crippen molar-refractivity contribution in [1.82, 2.24) is 14.8 Å². The molecule has 8 nitrogen and oxygen atoms in total. The van der Waals surface area contributed by atoms with Crippen LogP contribution in [-0.4, -0.2) is 65.1 Å². The van der Waals surface area contributed by atoms with Gasteiger partial charge in [-0.25, -0.2) is 18.6 Å². The van der Waals surface area contributed by atoms with Crippen molar-refractivity contribution < 1.29 is 23.4 Å². The average molecular weight is 550 g/mol. The number of aryl methyl sites for hydroxylation is 2. The molecule has 0 atom stereocenters. The summed E-state index contributed by atoms with van der Waals surface area (Å²) in [7, 11) is 4.14. The van der Waals surface area contributed by atoms with Gasteiger partial charge in [0.1, 0.15) is 5.69 Å². The Morgan fingerprint density at radius 3 is 2.31 bits per heavy atom. The highest BCUT2D eigenvalue weighted by Crippen LogP contribution is 2.37. The maximum absolute atomic E-state index is 12.9. The molecule has 2 aliphatic rings. The summed E-state index contributed by atoms with van der Waals surface area (Å²) >= 11 is 0. The number of pyridine rings is 1. The number of hydrogen-bond donors (Lipinski definition) is 1. The van der Waals surface area contributed by atoms with Crippen LogP contribution in [0.2, 0.25) is 0 Å². The molecule has 4 rings (SSSR count). The normalized spacial score (nSPS) is 15.8. The monoisotopic (exact) mass is 549 g/mol. The van der Waals surface area contributed by atoms with Gasteiger partial charge in [0.25, 0.3) is 5.92 Å². The molecule has 1 N–H and O–H groups in total. The number of carboxylic acids is 1. The molecule has 2 aromatic heterocycles. The van der Waals surface area contributed by atoms with Crippen molar-refractivity contribution >= 4 is 17.5 Å². The molecular formula is C29H45F2N5O3. The molecule has 0 unspecified atom stereocenters. The first-order chi connectivity index (χ1) is 18.6. The number of ether oxygens (including phenoxy) is 1. The van der Waals surface area contributed by atoms with Gasteiger partial charge in [0, 0.05) is 32.4 Å². The number of rotatable bonds is 15. The van der Waals surface area contributed by atoms with E-state index >= 15 is 0 Å². The molecule has 2 aromatic rings. The van der Waals surface area contributed by atoms with E-state index in [1.165, 1.54) is 74.0 Å². The number of unbranched alkanes of at least 4 members (excludes halogenated alkanes) is 7. The van der Waals surface area contributed by atoms with E-state index in [9.17, 15) is 13.6 Å². The zero-order chi connectivity index (χ0) is 28.4. The van der Waals surface area contributed by atoms with Gasteiger partial charge in [0.2, 0.25) is 5.88 Å². The van der Waals surface area contributed by atoms with Crippen LogP contribution in [0, 0.1) is 12.8 Å². The molecule has 0 bridgehead atoms. The highest BCUT2D eigenvalue weighted by atomic mass is 19.3. The van der Waals surface area contributed by atoms with E-state index in [0.29, 0.717) is 18.2 Å². The number of aromatic carboxylic acids is 1. The van der Waals surface area contributed by atoms with E-state index in [0.717, 1.165) is 25.2 Å². The van der Waals surface area contributed by atoms with Crippen LogP contribution in [0.5, 0.6) is 5.88 Å². The van der Waals surface area contributed by atoms with E-state index in [-0.39, 0.29) is 24.7 Å². The van der Waals surface area contributed by atoms with Gasteiger partial charge in [-0.2, -0.15) is 5.10 Å². The first-order valence-corrected chi connectivity index (χ1v) is 14.3. The SMILES string of the molecule is CCCCCCCCCCN(C)c1nn(C)cc1C.O=C(O)c1ccc(N2CC(F)(F)C2)c(OCC2CC2)n1. The number of alkyl halides is 2. The van der Waals surface area contributed by atoms with E-state index in [1.54, 1.807) is 0 Å². The molecule has 39 heavy (non-hydrogen) atoms. The number of halogens is 2. The van der Waals surface area contributed by atoms with E-state index in [4.69, 9.17) is 9.84 Å². The summed E-state index contributed by atoms with van der Waals surface area (Å²) in [4.78, 5) is 18.6. The fourth-order valence-electron chi connectivity index (χ4n) is 4.62. The molecule has 1 aliphatic carbocycles. The molecule has 10 heteroatoms. The zero-order valence-corrected chi connectivity index (χ0v) is 24.0. The molecule has 1 aliphatic heterocycles. The van der Waals surface area contributed by atoms with Gasteiger partial charge in [0.05, 0.1) is 19.7 Å². The van der Waals surface area contributed by atoms with Crippen LogP contribution in [-0.2, 0) is 7.05 Å². The summed E-state index contributed by atoms with van der Waals surface area (Å²) in [5.41, 5.74) is 1.55. The van der Waals surface area contributed by atoms with Gasteiger partial charge in [-0.1, -0.05) is 51.9 Å². The zero-order valence-electron chi connectivity index (χ0n) is 24.0. The third kappa shape index (κ3) is 9.97. The fourth-order valence-corrected chi connectivity index (χ4v) is 4.62. The molecular weight excluding hydrogens is 504 g/mol. The minimum absolute atomic E-state index is 0.132. The lowest BCUT2D eigenvalue weighted by Crippen LogP contribution is -2.56. The summed E-state index contributed by atoms with van der Waals surface area (Å²) in [5, 5.41) is 13.4. The quantitative estimate of drug-likeness (QED) is 0.260. The van der Waals surface area contributed by atoms with E-state index in [2.05, 4.69) is 42.1 Å². The summed E-state index contributed by atoms with van der Waals surface area (Å²) in [6.45, 7) is 5.20. The topological polar surface area (TPSA) is 83.7 Å². The number of aromatic nitrogens is 3. The molecule has 3 heterocycles. The number of carbonyl (C=O) groups is 1. The minimum Gasteiger partial charge on any atom is -0.477 e. The van der Waals surface area contributed by atoms with Crippen LogP contribution in [0.25, 0.3) is 0 Å². The van der Waals surface area contributed by atoms with Crippen molar-refractivity contribution in [2.24, 2.45) is 13.0 Å². The summed E-state index contributed by atoms with van der Waals surface area (Å²) in [5.74, 6) is -2.13. The second-order valence-corrected chi connectivity index (χ2v) is 11.0. The lowest BCUT2D eigenvalue weighted by atomic mass is 10.1. The third-order valence-electron chi connectivity index (χ3n) is 7.09. The molecule has 2 fully saturated rings. The summed E-state index contributed by atoms with van der Waals surface area (Å²) < 4.78 is 33.3. The van der Waals surface area contributed by atoms with Gasteiger partial charge >= 0.3 is 5.97 Å². The number of anilines is 2. The molecule has 0 spiro atoms.